The second-order valence-electron chi connectivity index (χ2n) is 9.98. The number of sulfone groups is 1. The van der Waals surface area contributed by atoms with E-state index in [9.17, 15) is 12.8 Å². The predicted molar refractivity (Wildman–Crippen MR) is 172 cm³/mol. The van der Waals surface area contributed by atoms with Gasteiger partial charge in [0.2, 0.25) is 0 Å². The lowest BCUT2D eigenvalue weighted by Crippen LogP contribution is -2.24. The summed E-state index contributed by atoms with van der Waals surface area (Å²) < 4.78 is 57.6. The van der Waals surface area contributed by atoms with Gasteiger partial charge in [0.15, 0.2) is 9.84 Å². The predicted octanol–water partition coefficient (Wildman–Crippen LogP) is 6.96. The summed E-state index contributed by atoms with van der Waals surface area (Å²) >= 11 is 7.92. The molecule has 0 amide bonds. The van der Waals surface area contributed by atoms with Crippen LogP contribution >= 0.6 is 22.9 Å². The smallest absolute Gasteiger partial charge is 0.151 e. The van der Waals surface area contributed by atoms with Crippen molar-refractivity contribution in [3.05, 3.63) is 93.5 Å². The third-order valence-corrected chi connectivity index (χ3v) is 9.71. The highest BCUT2D eigenvalue weighted by atomic mass is 35.5. The second kappa shape index (κ2) is 14.4. The first-order valence-electron chi connectivity index (χ1n) is 13.9. The first kappa shape index (κ1) is 31.7. The van der Waals surface area contributed by atoms with E-state index in [1.54, 1.807) is 43.3 Å². The Morgan fingerprint density at radius 2 is 1.91 bits per heavy atom. The van der Waals surface area contributed by atoms with Gasteiger partial charge in [-0.05, 0) is 54.9 Å². The van der Waals surface area contributed by atoms with E-state index in [-0.39, 0.29) is 23.9 Å². The first-order valence-corrected chi connectivity index (χ1v) is 17.0. The Morgan fingerprint density at radius 3 is 2.70 bits per heavy atom. The lowest BCUT2D eigenvalue weighted by atomic mass is 10.1. The van der Waals surface area contributed by atoms with Crippen LogP contribution in [-0.2, 0) is 22.9 Å². The molecule has 0 unspecified atom stereocenters. The maximum Gasteiger partial charge on any atom is 0.151 e. The van der Waals surface area contributed by atoms with E-state index in [1.165, 1.54) is 35.9 Å². The average molecular weight is 658 g/mol. The quantitative estimate of drug-likeness (QED) is 0.123. The zero-order valence-corrected chi connectivity index (χ0v) is 26.2. The van der Waals surface area contributed by atoms with Gasteiger partial charge >= 0.3 is 0 Å². The lowest BCUT2D eigenvalue weighted by Gasteiger charge is -2.12. The summed E-state index contributed by atoms with van der Waals surface area (Å²) in [5.74, 6) is 0.391. The third-order valence-electron chi connectivity index (χ3n) is 6.80. The number of aromatic nitrogens is 3. The van der Waals surface area contributed by atoms with Crippen LogP contribution < -0.4 is 15.4 Å². The zero-order chi connectivity index (χ0) is 31.1. The molecule has 0 radical (unpaired) electrons. The lowest BCUT2D eigenvalue weighted by molar-refractivity contribution is 0.306. The highest BCUT2D eigenvalue weighted by Gasteiger charge is 2.15. The average Bonchev–Trinajstić information content (AvgIpc) is 3.47. The summed E-state index contributed by atoms with van der Waals surface area (Å²) in [6.07, 6.45) is 2.82. The summed E-state index contributed by atoms with van der Waals surface area (Å²) in [5, 5.41) is 10.0. The van der Waals surface area contributed by atoms with E-state index >= 15 is 4.39 Å². The van der Waals surface area contributed by atoms with Crippen LogP contribution in [0.3, 0.4) is 0 Å². The van der Waals surface area contributed by atoms with Crippen molar-refractivity contribution in [3.63, 3.8) is 0 Å². The molecule has 5 aromatic rings. The fourth-order valence-corrected chi connectivity index (χ4v) is 6.22. The van der Waals surface area contributed by atoms with Crippen molar-refractivity contribution in [1.29, 1.82) is 0 Å². The molecule has 2 aromatic heterocycles. The minimum Gasteiger partial charge on any atom is -0.487 e. The number of hydrogen-bond donors (Lipinski definition) is 2. The topological polar surface area (TPSA) is 106 Å². The molecule has 0 aliphatic carbocycles. The molecule has 0 bridgehead atoms. The summed E-state index contributed by atoms with van der Waals surface area (Å²) in [6, 6.07) is 14.4. The molecule has 3 aromatic carbocycles. The Labute approximate surface area is 263 Å². The van der Waals surface area contributed by atoms with Crippen molar-refractivity contribution in [3.8, 4) is 17.0 Å². The molecule has 13 heteroatoms. The number of anilines is 2. The minimum atomic E-state index is -2.99. The fourth-order valence-electron chi connectivity index (χ4n) is 4.40. The highest BCUT2D eigenvalue weighted by Crippen LogP contribution is 2.34. The monoisotopic (exact) mass is 657 g/mol. The van der Waals surface area contributed by atoms with E-state index in [2.05, 4.69) is 25.6 Å². The largest absolute Gasteiger partial charge is 0.487 e. The van der Waals surface area contributed by atoms with Crippen molar-refractivity contribution < 1.29 is 21.9 Å². The third kappa shape index (κ3) is 8.26. The number of nitrogens with one attached hydrogen (secondary N) is 2. The highest BCUT2D eigenvalue weighted by molar-refractivity contribution is 7.91. The number of halogens is 3. The Balaban J connectivity index is 1.25. The van der Waals surface area contributed by atoms with Crippen LogP contribution in [0.5, 0.6) is 5.75 Å². The number of ether oxygens (including phenoxy) is 1. The Kier molecular flexibility index (Phi) is 10.4. The van der Waals surface area contributed by atoms with Gasteiger partial charge in [-0.3, -0.25) is 0 Å². The number of rotatable bonds is 14. The van der Waals surface area contributed by atoms with Crippen LogP contribution in [-0.4, -0.2) is 48.0 Å². The van der Waals surface area contributed by atoms with Gasteiger partial charge in [-0.15, -0.1) is 11.3 Å². The molecular weight excluding hydrogens is 628 g/mol. The van der Waals surface area contributed by atoms with Crippen molar-refractivity contribution >= 4 is 55.2 Å². The van der Waals surface area contributed by atoms with Crippen LogP contribution in [0.2, 0.25) is 5.02 Å². The summed E-state index contributed by atoms with van der Waals surface area (Å²) in [5.41, 5.74) is 2.59. The van der Waals surface area contributed by atoms with E-state index in [1.807, 2.05) is 5.38 Å². The molecule has 8 nitrogen and oxygen atoms in total. The SMILES string of the molecule is CCS(=O)(=O)CCNCCCc1nc(-c2cc3c(Nc4ccc(OCc5cccc(F)c5)c(Cl)c4)ncnc3cc2F)cs1. The molecule has 2 N–H and O–H groups in total. The minimum absolute atomic E-state index is 0.123. The van der Waals surface area contributed by atoms with Crippen LogP contribution in [0.25, 0.3) is 22.2 Å². The number of nitrogens with zero attached hydrogens (tertiary/aromatic N) is 3. The van der Waals surface area contributed by atoms with Gasteiger partial charge in [-0.1, -0.05) is 30.7 Å². The molecule has 5 rings (SSSR count). The summed E-state index contributed by atoms with van der Waals surface area (Å²) in [4.78, 5) is 13.3. The van der Waals surface area contributed by atoms with Gasteiger partial charge in [0, 0.05) is 46.8 Å². The number of aryl methyl sites for hydroxylation is 1. The number of thiazole rings is 1. The van der Waals surface area contributed by atoms with E-state index in [0.29, 0.717) is 69.5 Å². The zero-order valence-electron chi connectivity index (χ0n) is 23.8. The first-order chi connectivity index (χ1) is 21.2. The van der Waals surface area contributed by atoms with E-state index in [4.69, 9.17) is 16.3 Å². The maximum absolute atomic E-state index is 15.2. The summed E-state index contributed by atoms with van der Waals surface area (Å²) in [6.45, 7) is 2.88. The fraction of sp³-hybridized carbons (Fsp3) is 0.258. The molecule has 0 saturated heterocycles. The van der Waals surface area contributed by atoms with Gasteiger partial charge in [-0.2, -0.15) is 0 Å². The summed E-state index contributed by atoms with van der Waals surface area (Å²) in [7, 11) is -2.99. The number of fused-ring (bicyclic) bond motifs is 1. The van der Waals surface area contributed by atoms with Gasteiger partial charge in [0.05, 0.1) is 27.0 Å². The molecule has 0 spiro atoms. The van der Waals surface area contributed by atoms with Crippen molar-refractivity contribution in [1.82, 2.24) is 20.3 Å². The van der Waals surface area contributed by atoms with Gasteiger partial charge in [-0.25, -0.2) is 32.2 Å². The van der Waals surface area contributed by atoms with Crippen LogP contribution in [0.4, 0.5) is 20.3 Å². The molecule has 0 aliphatic heterocycles. The normalized spacial score (nSPS) is 11.6. The molecule has 44 heavy (non-hydrogen) atoms. The Morgan fingerprint density at radius 1 is 1.05 bits per heavy atom. The second-order valence-corrected chi connectivity index (χ2v) is 13.8. The van der Waals surface area contributed by atoms with Crippen LogP contribution in [0, 0.1) is 11.6 Å². The van der Waals surface area contributed by atoms with Crippen LogP contribution in [0.15, 0.2) is 66.3 Å². The maximum atomic E-state index is 15.2. The molecule has 230 valence electrons. The van der Waals surface area contributed by atoms with Crippen molar-refractivity contribution in [2.24, 2.45) is 0 Å². The van der Waals surface area contributed by atoms with E-state index in [0.717, 1.165) is 11.4 Å². The number of benzene rings is 3. The van der Waals surface area contributed by atoms with Crippen molar-refractivity contribution in [2.75, 3.05) is 29.9 Å². The molecule has 0 atom stereocenters. The molecular formula is C31H30ClF2N5O3S2. The van der Waals surface area contributed by atoms with Crippen LogP contribution in [0.1, 0.15) is 23.9 Å². The van der Waals surface area contributed by atoms with Gasteiger partial charge in [0.1, 0.15) is 36.1 Å². The van der Waals surface area contributed by atoms with Crippen molar-refractivity contribution in [2.45, 2.75) is 26.4 Å². The molecule has 0 fully saturated rings. The molecule has 0 saturated carbocycles. The number of hydrogen-bond acceptors (Lipinski definition) is 9. The van der Waals surface area contributed by atoms with Gasteiger partial charge < -0.3 is 15.4 Å². The molecule has 2 heterocycles. The molecule has 0 aliphatic rings. The Bertz CT molecular complexity index is 1870. The standard InChI is InChI=1S/C31H30ClF2N5O3S2/c1-2-44(40,41)12-11-35-10-4-7-30-39-28(18-43-30)23-15-24-27(16-26(23)34)36-19-37-31(24)38-22-8-9-29(25(32)14-22)42-17-20-5-3-6-21(33)13-20/h3,5-6,8-9,13-16,18-19,35H,2,4,7,10-12,17H2,1H3,(H,36,37,38). The van der Waals surface area contributed by atoms with Gasteiger partial charge in [0.25, 0.3) is 0 Å². The van der Waals surface area contributed by atoms with E-state index < -0.39 is 15.7 Å². The Hall–Kier alpha value is -3.71.